The van der Waals surface area contributed by atoms with Crippen molar-refractivity contribution < 1.29 is 18.0 Å². The number of rotatable bonds is 2. The minimum atomic E-state index is -4.39. The van der Waals surface area contributed by atoms with E-state index >= 15 is 0 Å². The fourth-order valence-electron chi connectivity index (χ4n) is 3.48. The molecule has 0 fully saturated rings. The number of carbonyl (C=O) groups is 1. The van der Waals surface area contributed by atoms with E-state index < -0.39 is 17.8 Å². The zero-order valence-electron chi connectivity index (χ0n) is 17.2. The van der Waals surface area contributed by atoms with E-state index in [1.54, 1.807) is 4.90 Å². The molecule has 3 rings (SSSR count). The molecule has 6 heteroatoms. The van der Waals surface area contributed by atoms with Gasteiger partial charge < -0.3 is 10.2 Å². The predicted octanol–water partition coefficient (Wildman–Crippen LogP) is 5.80. The Hall–Kier alpha value is -2.50. The van der Waals surface area contributed by atoms with E-state index in [4.69, 9.17) is 0 Å². The zero-order valence-corrected chi connectivity index (χ0v) is 17.2. The van der Waals surface area contributed by atoms with E-state index in [-0.39, 0.29) is 17.5 Å². The summed E-state index contributed by atoms with van der Waals surface area (Å²) in [5.74, 6) is 0. The van der Waals surface area contributed by atoms with Gasteiger partial charge >= 0.3 is 12.2 Å². The fraction of sp³-hybridized carbons (Fsp3) is 0.435. The lowest BCUT2D eigenvalue weighted by Crippen LogP contribution is -2.51. The van der Waals surface area contributed by atoms with Gasteiger partial charge in [-0.25, -0.2) is 4.79 Å². The summed E-state index contributed by atoms with van der Waals surface area (Å²) in [6.07, 6.45) is -3.67. The Morgan fingerprint density at radius 3 is 2.28 bits per heavy atom. The second-order valence-corrected chi connectivity index (χ2v) is 8.70. The number of urea groups is 1. The van der Waals surface area contributed by atoms with Crippen molar-refractivity contribution in [1.82, 2.24) is 10.2 Å². The summed E-state index contributed by atoms with van der Waals surface area (Å²) >= 11 is 0. The average molecular weight is 404 g/mol. The van der Waals surface area contributed by atoms with Crippen LogP contribution in [0, 0.1) is 5.41 Å². The second-order valence-electron chi connectivity index (χ2n) is 8.70. The number of alkyl halides is 3. The smallest absolute Gasteiger partial charge is 0.335 e. The van der Waals surface area contributed by atoms with Gasteiger partial charge in [0.15, 0.2) is 0 Å². The van der Waals surface area contributed by atoms with Gasteiger partial charge in [0.05, 0.1) is 11.6 Å². The number of amides is 2. The maximum atomic E-state index is 13.1. The molecule has 2 amide bonds. The monoisotopic (exact) mass is 404 g/mol. The minimum absolute atomic E-state index is 0.0552. The van der Waals surface area contributed by atoms with E-state index in [1.807, 2.05) is 31.2 Å². The first-order chi connectivity index (χ1) is 13.5. The van der Waals surface area contributed by atoms with Crippen LogP contribution in [0.1, 0.15) is 56.0 Å². The minimum Gasteiger partial charge on any atom is -0.335 e. The van der Waals surface area contributed by atoms with Gasteiger partial charge in [-0.1, -0.05) is 57.2 Å². The second kappa shape index (κ2) is 7.73. The third-order valence-corrected chi connectivity index (χ3v) is 5.74. The predicted molar refractivity (Wildman–Crippen MR) is 108 cm³/mol. The molecular weight excluding hydrogens is 377 g/mol. The first kappa shape index (κ1) is 21.2. The van der Waals surface area contributed by atoms with Crippen molar-refractivity contribution in [2.75, 3.05) is 6.54 Å². The molecule has 1 aliphatic rings. The van der Waals surface area contributed by atoms with Crippen LogP contribution in [0.4, 0.5) is 18.0 Å². The van der Waals surface area contributed by atoms with Gasteiger partial charge in [0.1, 0.15) is 0 Å². The van der Waals surface area contributed by atoms with E-state index in [1.165, 1.54) is 12.1 Å². The summed E-state index contributed by atoms with van der Waals surface area (Å²) in [6, 6.07) is 12.2. The van der Waals surface area contributed by atoms with Crippen LogP contribution in [0.15, 0.2) is 48.5 Å². The molecule has 0 saturated heterocycles. The van der Waals surface area contributed by atoms with Gasteiger partial charge in [-0.15, -0.1) is 0 Å². The number of nitrogens with one attached hydrogen (secondary N) is 1. The Labute approximate surface area is 169 Å². The number of halogens is 3. The highest BCUT2D eigenvalue weighted by Crippen LogP contribution is 2.37. The van der Waals surface area contributed by atoms with Crippen LogP contribution >= 0.6 is 0 Å². The molecule has 0 radical (unpaired) electrons. The van der Waals surface area contributed by atoms with Gasteiger partial charge in [-0.05, 0) is 47.6 Å². The number of hydrogen-bond donors (Lipinski definition) is 1. The van der Waals surface area contributed by atoms with Gasteiger partial charge in [-0.2, -0.15) is 13.2 Å². The van der Waals surface area contributed by atoms with Crippen molar-refractivity contribution in [2.24, 2.45) is 5.41 Å². The van der Waals surface area contributed by atoms with Crippen molar-refractivity contribution in [3.8, 4) is 0 Å². The summed E-state index contributed by atoms with van der Waals surface area (Å²) in [4.78, 5) is 14.8. The Morgan fingerprint density at radius 2 is 1.69 bits per heavy atom. The molecule has 2 atom stereocenters. The van der Waals surface area contributed by atoms with Gasteiger partial charge in [0, 0.05) is 12.6 Å². The summed E-state index contributed by atoms with van der Waals surface area (Å²) in [5, 5.41) is 3.06. The number of fused-ring (bicyclic) bond motifs is 1. The topological polar surface area (TPSA) is 32.3 Å². The zero-order chi connectivity index (χ0) is 21.4. The Morgan fingerprint density at radius 1 is 1.07 bits per heavy atom. The molecule has 1 N–H and O–H groups in total. The molecule has 3 nitrogen and oxygen atoms in total. The van der Waals surface area contributed by atoms with E-state index in [2.05, 4.69) is 26.1 Å². The Bertz CT molecular complexity index is 869. The molecule has 2 aromatic carbocycles. The van der Waals surface area contributed by atoms with Crippen molar-refractivity contribution in [3.63, 3.8) is 0 Å². The van der Waals surface area contributed by atoms with Crippen molar-refractivity contribution >= 4 is 6.03 Å². The lowest BCUT2D eigenvalue weighted by Gasteiger charge is -2.39. The van der Waals surface area contributed by atoms with Crippen molar-refractivity contribution in [2.45, 2.75) is 52.4 Å². The summed E-state index contributed by atoms with van der Waals surface area (Å²) < 4.78 is 39.0. The van der Waals surface area contributed by atoms with E-state index in [9.17, 15) is 18.0 Å². The molecule has 29 heavy (non-hydrogen) atoms. The molecule has 1 aliphatic heterocycles. The van der Waals surface area contributed by atoms with Crippen LogP contribution in [-0.4, -0.2) is 23.5 Å². The Kier molecular flexibility index (Phi) is 5.65. The largest absolute Gasteiger partial charge is 0.416 e. The molecule has 0 spiro atoms. The normalized spacial score (nSPS) is 18.2. The van der Waals surface area contributed by atoms with Gasteiger partial charge in [0.2, 0.25) is 0 Å². The molecule has 2 aromatic rings. The van der Waals surface area contributed by atoms with Crippen LogP contribution in [0.5, 0.6) is 0 Å². The molecule has 0 saturated carbocycles. The molecule has 0 unspecified atom stereocenters. The van der Waals surface area contributed by atoms with Gasteiger partial charge in [0.25, 0.3) is 0 Å². The first-order valence-electron chi connectivity index (χ1n) is 9.80. The van der Waals surface area contributed by atoms with Crippen LogP contribution in [0.2, 0.25) is 0 Å². The lowest BCUT2D eigenvalue weighted by atomic mass is 9.87. The highest BCUT2D eigenvalue weighted by Gasteiger charge is 2.35. The van der Waals surface area contributed by atoms with E-state index in [0.29, 0.717) is 18.5 Å². The number of nitrogens with zero attached hydrogens (tertiary/aromatic N) is 1. The third kappa shape index (κ3) is 4.57. The summed E-state index contributed by atoms with van der Waals surface area (Å²) in [5.41, 5.74) is 1.95. The molecule has 1 heterocycles. The van der Waals surface area contributed by atoms with E-state index in [0.717, 1.165) is 23.3 Å². The van der Waals surface area contributed by atoms with Crippen molar-refractivity contribution in [3.05, 3.63) is 70.8 Å². The number of hydrogen-bond acceptors (Lipinski definition) is 1. The Balaban J connectivity index is 1.97. The quantitative estimate of drug-likeness (QED) is 0.674. The number of carbonyl (C=O) groups excluding carboxylic acids is 1. The average Bonchev–Trinajstić information content (AvgIpc) is 2.65. The number of benzene rings is 2. The molecule has 156 valence electrons. The fourth-order valence-corrected chi connectivity index (χ4v) is 3.48. The SMILES string of the molecule is C[C@H](NC(=O)N1CCc2ccccc2[C@H]1c1ccc(C(F)(F)F)cc1)C(C)(C)C. The van der Waals surface area contributed by atoms with Crippen LogP contribution in [-0.2, 0) is 12.6 Å². The van der Waals surface area contributed by atoms with Crippen LogP contribution in [0.3, 0.4) is 0 Å². The first-order valence-corrected chi connectivity index (χ1v) is 9.80. The summed E-state index contributed by atoms with van der Waals surface area (Å²) in [6.45, 7) is 8.62. The van der Waals surface area contributed by atoms with Gasteiger partial charge in [-0.3, -0.25) is 0 Å². The maximum Gasteiger partial charge on any atom is 0.416 e. The van der Waals surface area contributed by atoms with Crippen LogP contribution < -0.4 is 5.32 Å². The molecule has 0 aliphatic carbocycles. The summed E-state index contributed by atoms with van der Waals surface area (Å²) in [7, 11) is 0. The third-order valence-electron chi connectivity index (χ3n) is 5.74. The molecular formula is C23H27F3N2O. The highest BCUT2D eigenvalue weighted by atomic mass is 19.4. The maximum absolute atomic E-state index is 13.1. The molecule has 0 aromatic heterocycles. The van der Waals surface area contributed by atoms with Crippen molar-refractivity contribution in [1.29, 1.82) is 0 Å². The molecule has 0 bridgehead atoms. The van der Waals surface area contributed by atoms with Crippen LogP contribution in [0.25, 0.3) is 0 Å². The standard InChI is InChI=1S/C23H27F3N2O/c1-15(22(2,3)4)27-21(29)28-14-13-16-7-5-6-8-19(16)20(28)17-9-11-18(12-10-17)23(24,25)26/h5-12,15,20H,13-14H2,1-4H3,(H,27,29)/t15-,20+/m0/s1. The highest BCUT2D eigenvalue weighted by molar-refractivity contribution is 5.76. The lowest BCUT2D eigenvalue weighted by molar-refractivity contribution is -0.137.